The number of benzene rings is 2. The molecular weight excluding hydrogens is 388 g/mol. The Morgan fingerprint density at radius 2 is 2.00 bits per heavy atom. The highest BCUT2D eigenvalue weighted by atomic mass is 79.9. The summed E-state index contributed by atoms with van der Waals surface area (Å²) in [6.07, 6.45) is 0. The van der Waals surface area contributed by atoms with Crippen LogP contribution in [-0.4, -0.2) is 30.1 Å². The zero-order chi connectivity index (χ0) is 18.2. The van der Waals surface area contributed by atoms with Crippen LogP contribution >= 0.6 is 15.9 Å². The number of carbonyl (C=O) groups is 2. The number of halogens is 1. The average molecular weight is 407 g/mol. The van der Waals surface area contributed by atoms with Crippen LogP contribution in [0.2, 0.25) is 0 Å². The van der Waals surface area contributed by atoms with E-state index < -0.39 is 0 Å². The molecule has 0 aromatic heterocycles. The Morgan fingerprint density at radius 1 is 1.20 bits per heavy atom. The first-order valence-corrected chi connectivity index (χ1v) is 8.53. The second-order valence-electron chi connectivity index (χ2n) is 5.15. The standard InChI is InChI=1S/C18H19BrN2O4/c1-2-25-16-7-6-15(9-13(16)11-22)21-17(23)10-20-18(24)12-4-3-5-14(19)8-12/h3-9,22H,2,10-11H2,1H3,(H,20,24)(H,21,23). The van der Waals surface area contributed by atoms with Gasteiger partial charge < -0.3 is 20.5 Å². The van der Waals surface area contributed by atoms with E-state index in [-0.39, 0.29) is 25.0 Å². The summed E-state index contributed by atoms with van der Waals surface area (Å²) >= 11 is 3.30. The van der Waals surface area contributed by atoms with Gasteiger partial charge in [-0.05, 0) is 43.3 Å². The lowest BCUT2D eigenvalue weighted by Gasteiger charge is -2.12. The molecule has 3 N–H and O–H groups in total. The van der Waals surface area contributed by atoms with Crippen LogP contribution in [-0.2, 0) is 11.4 Å². The van der Waals surface area contributed by atoms with Crippen molar-refractivity contribution in [2.24, 2.45) is 0 Å². The van der Waals surface area contributed by atoms with Gasteiger partial charge in [0.2, 0.25) is 5.91 Å². The minimum atomic E-state index is -0.364. The van der Waals surface area contributed by atoms with E-state index in [1.807, 2.05) is 13.0 Å². The molecule has 0 heterocycles. The van der Waals surface area contributed by atoms with Crippen molar-refractivity contribution >= 4 is 33.4 Å². The molecule has 0 radical (unpaired) electrons. The van der Waals surface area contributed by atoms with E-state index in [2.05, 4.69) is 26.6 Å². The minimum Gasteiger partial charge on any atom is -0.494 e. The molecule has 2 amide bonds. The summed E-state index contributed by atoms with van der Waals surface area (Å²) in [6.45, 7) is 1.98. The molecule has 6 nitrogen and oxygen atoms in total. The number of nitrogens with one attached hydrogen (secondary N) is 2. The van der Waals surface area contributed by atoms with Gasteiger partial charge in [0.15, 0.2) is 0 Å². The first kappa shape index (κ1) is 19.0. The quantitative estimate of drug-likeness (QED) is 0.659. The lowest BCUT2D eigenvalue weighted by atomic mass is 10.2. The van der Waals surface area contributed by atoms with Crippen molar-refractivity contribution in [3.05, 3.63) is 58.1 Å². The fourth-order valence-electron chi connectivity index (χ4n) is 2.17. The van der Waals surface area contributed by atoms with Crippen LogP contribution < -0.4 is 15.4 Å². The molecule has 2 rings (SSSR count). The van der Waals surface area contributed by atoms with Gasteiger partial charge in [0.25, 0.3) is 5.91 Å². The van der Waals surface area contributed by atoms with E-state index >= 15 is 0 Å². The highest BCUT2D eigenvalue weighted by molar-refractivity contribution is 9.10. The average Bonchev–Trinajstić information content (AvgIpc) is 2.61. The topological polar surface area (TPSA) is 87.7 Å². The molecule has 0 saturated carbocycles. The first-order chi connectivity index (χ1) is 12.0. The van der Waals surface area contributed by atoms with E-state index in [0.717, 1.165) is 4.47 Å². The summed E-state index contributed by atoms with van der Waals surface area (Å²) in [4.78, 5) is 24.0. The van der Waals surface area contributed by atoms with Crippen molar-refractivity contribution < 1.29 is 19.4 Å². The molecule has 0 aliphatic heterocycles. The minimum absolute atomic E-state index is 0.160. The van der Waals surface area contributed by atoms with Crippen molar-refractivity contribution in [1.29, 1.82) is 0 Å². The number of hydrogen-bond donors (Lipinski definition) is 3. The zero-order valence-electron chi connectivity index (χ0n) is 13.7. The fraction of sp³-hybridized carbons (Fsp3) is 0.222. The molecule has 0 fully saturated rings. The molecule has 0 unspecified atom stereocenters. The molecular formula is C18H19BrN2O4. The van der Waals surface area contributed by atoms with Gasteiger partial charge in [-0.3, -0.25) is 9.59 Å². The van der Waals surface area contributed by atoms with Crippen LogP contribution in [0.1, 0.15) is 22.8 Å². The van der Waals surface area contributed by atoms with E-state index in [0.29, 0.717) is 29.2 Å². The third kappa shape index (κ3) is 5.58. The SMILES string of the molecule is CCOc1ccc(NC(=O)CNC(=O)c2cccc(Br)c2)cc1CO. The van der Waals surface area contributed by atoms with E-state index in [1.54, 1.807) is 36.4 Å². The summed E-state index contributed by atoms with van der Waals surface area (Å²) in [7, 11) is 0. The summed E-state index contributed by atoms with van der Waals surface area (Å²) in [5.41, 5.74) is 1.57. The molecule has 132 valence electrons. The Balaban J connectivity index is 1.93. The number of carbonyl (C=O) groups excluding carboxylic acids is 2. The predicted molar refractivity (Wildman–Crippen MR) is 98.6 cm³/mol. The Kier molecular flexibility index (Phi) is 6.97. The highest BCUT2D eigenvalue weighted by Crippen LogP contribution is 2.23. The summed E-state index contributed by atoms with van der Waals surface area (Å²) in [6, 6.07) is 11.9. The molecule has 0 saturated heterocycles. The highest BCUT2D eigenvalue weighted by Gasteiger charge is 2.10. The number of ether oxygens (including phenoxy) is 1. The maximum atomic E-state index is 12.0. The van der Waals surface area contributed by atoms with Gasteiger partial charge >= 0.3 is 0 Å². The van der Waals surface area contributed by atoms with Crippen LogP contribution in [0.4, 0.5) is 5.69 Å². The van der Waals surface area contributed by atoms with Crippen molar-refractivity contribution in [3.8, 4) is 5.75 Å². The number of anilines is 1. The smallest absolute Gasteiger partial charge is 0.251 e. The van der Waals surface area contributed by atoms with E-state index in [9.17, 15) is 14.7 Å². The van der Waals surface area contributed by atoms with Gasteiger partial charge in [-0.15, -0.1) is 0 Å². The maximum absolute atomic E-state index is 12.0. The Bertz CT molecular complexity index is 764. The maximum Gasteiger partial charge on any atom is 0.251 e. The lowest BCUT2D eigenvalue weighted by Crippen LogP contribution is -2.32. The normalized spacial score (nSPS) is 10.2. The van der Waals surface area contributed by atoms with Gasteiger partial charge in [0.05, 0.1) is 19.8 Å². The number of aliphatic hydroxyl groups excluding tert-OH is 1. The number of rotatable bonds is 7. The molecule has 7 heteroatoms. The first-order valence-electron chi connectivity index (χ1n) is 7.73. The second-order valence-corrected chi connectivity index (χ2v) is 6.07. The summed E-state index contributed by atoms with van der Waals surface area (Å²) in [5.74, 6) is -0.124. The van der Waals surface area contributed by atoms with Crippen LogP contribution in [0, 0.1) is 0 Å². The third-order valence-electron chi connectivity index (χ3n) is 3.31. The molecule has 0 bridgehead atoms. The summed E-state index contributed by atoms with van der Waals surface area (Å²) < 4.78 is 6.18. The molecule has 25 heavy (non-hydrogen) atoms. The molecule has 2 aromatic carbocycles. The predicted octanol–water partition coefficient (Wildman–Crippen LogP) is 2.71. The van der Waals surface area contributed by atoms with Gasteiger partial charge in [0.1, 0.15) is 5.75 Å². The fourth-order valence-corrected chi connectivity index (χ4v) is 2.57. The largest absolute Gasteiger partial charge is 0.494 e. The van der Waals surface area contributed by atoms with Gasteiger partial charge in [0, 0.05) is 21.3 Å². The van der Waals surface area contributed by atoms with Gasteiger partial charge in [-0.1, -0.05) is 22.0 Å². The number of amides is 2. The summed E-state index contributed by atoms with van der Waals surface area (Å²) in [5, 5.41) is 14.6. The van der Waals surface area contributed by atoms with Crippen molar-refractivity contribution in [2.75, 3.05) is 18.5 Å². The van der Waals surface area contributed by atoms with Crippen LogP contribution in [0.15, 0.2) is 46.9 Å². The van der Waals surface area contributed by atoms with E-state index in [4.69, 9.17) is 4.74 Å². The zero-order valence-corrected chi connectivity index (χ0v) is 15.3. The molecule has 2 aromatic rings. The lowest BCUT2D eigenvalue weighted by molar-refractivity contribution is -0.115. The van der Waals surface area contributed by atoms with Crippen LogP contribution in [0.25, 0.3) is 0 Å². The van der Waals surface area contributed by atoms with Gasteiger partial charge in [-0.2, -0.15) is 0 Å². The van der Waals surface area contributed by atoms with Crippen molar-refractivity contribution in [3.63, 3.8) is 0 Å². The Labute approximate surface area is 154 Å². The van der Waals surface area contributed by atoms with Crippen LogP contribution in [0.3, 0.4) is 0 Å². The Morgan fingerprint density at radius 3 is 2.68 bits per heavy atom. The molecule has 0 atom stereocenters. The molecule has 0 aliphatic carbocycles. The molecule has 0 spiro atoms. The monoisotopic (exact) mass is 406 g/mol. The van der Waals surface area contributed by atoms with Crippen molar-refractivity contribution in [1.82, 2.24) is 5.32 Å². The third-order valence-corrected chi connectivity index (χ3v) is 3.80. The molecule has 0 aliphatic rings. The van der Waals surface area contributed by atoms with Crippen LogP contribution in [0.5, 0.6) is 5.75 Å². The van der Waals surface area contributed by atoms with E-state index in [1.165, 1.54) is 0 Å². The number of aliphatic hydroxyl groups is 1. The van der Waals surface area contributed by atoms with Gasteiger partial charge in [-0.25, -0.2) is 0 Å². The van der Waals surface area contributed by atoms with Crippen molar-refractivity contribution in [2.45, 2.75) is 13.5 Å². The Hall–Kier alpha value is -2.38. The number of hydrogen-bond acceptors (Lipinski definition) is 4. The second kappa shape index (κ2) is 9.19.